The van der Waals surface area contributed by atoms with Gasteiger partial charge in [-0.3, -0.25) is 4.79 Å². The summed E-state index contributed by atoms with van der Waals surface area (Å²) >= 11 is 0. The molecule has 1 aromatic rings. The largest absolute Gasteiger partial charge is 0.491 e. The van der Waals surface area contributed by atoms with Crippen LogP contribution in [0.4, 0.5) is 10.1 Å². The van der Waals surface area contributed by atoms with Crippen molar-refractivity contribution in [1.82, 2.24) is 0 Å². The first-order chi connectivity index (χ1) is 9.69. The summed E-state index contributed by atoms with van der Waals surface area (Å²) in [4.78, 5) is 12.2. The second-order valence-corrected chi connectivity index (χ2v) is 5.18. The number of alkyl halides is 1. The first-order valence-corrected chi connectivity index (χ1v) is 7.04. The normalized spacial score (nSPS) is 22.3. The van der Waals surface area contributed by atoms with Gasteiger partial charge in [0.05, 0.1) is 0 Å². The molecule has 5 heteroatoms. The number of nitrogens with two attached hydrogens (primary N) is 1. The number of amides is 1. The Morgan fingerprint density at radius 3 is 3.05 bits per heavy atom. The molecule has 4 nitrogen and oxygen atoms in total. The molecule has 1 fully saturated rings. The lowest BCUT2D eigenvalue weighted by atomic mass is 9.85. The number of rotatable bonds is 5. The molecule has 20 heavy (non-hydrogen) atoms. The van der Waals surface area contributed by atoms with Crippen molar-refractivity contribution in [3.8, 4) is 5.75 Å². The minimum atomic E-state index is -0.531. The van der Waals surface area contributed by atoms with E-state index in [-0.39, 0.29) is 24.5 Å². The Balaban J connectivity index is 1.93. The Hall–Kier alpha value is -1.62. The van der Waals surface area contributed by atoms with Crippen molar-refractivity contribution >= 4 is 11.6 Å². The van der Waals surface area contributed by atoms with E-state index in [0.717, 1.165) is 25.7 Å². The second-order valence-electron chi connectivity index (χ2n) is 5.18. The summed E-state index contributed by atoms with van der Waals surface area (Å²) in [5.74, 6) is 0.540. The lowest BCUT2D eigenvalue weighted by Gasteiger charge is -2.25. The van der Waals surface area contributed by atoms with Crippen molar-refractivity contribution in [1.29, 1.82) is 0 Å². The van der Waals surface area contributed by atoms with E-state index in [1.165, 1.54) is 0 Å². The van der Waals surface area contributed by atoms with E-state index in [1.54, 1.807) is 24.3 Å². The Kier molecular flexibility index (Phi) is 5.35. The van der Waals surface area contributed by atoms with Gasteiger partial charge in [-0.25, -0.2) is 4.39 Å². The minimum absolute atomic E-state index is 0.00258. The Labute approximate surface area is 118 Å². The van der Waals surface area contributed by atoms with Gasteiger partial charge in [-0.15, -0.1) is 0 Å². The molecule has 3 N–H and O–H groups in total. The summed E-state index contributed by atoms with van der Waals surface area (Å²) in [6.07, 6.45) is 3.62. The van der Waals surface area contributed by atoms with E-state index in [2.05, 4.69) is 5.32 Å². The van der Waals surface area contributed by atoms with Gasteiger partial charge in [0.25, 0.3) is 0 Å². The van der Waals surface area contributed by atoms with Gasteiger partial charge in [-0.1, -0.05) is 12.5 Å². The average Bonchev–Trinajstić information content (AvgIpc) is 2.45. The number of hydrogen-bond acceptors (Lipinski definition) is 3. The van der Waals surface area contributed by atoms with E-state index in [0.29, 0.717) is 11.4 Å². The summed E-state index contributed by atoms with van der Waals surface area (Å²) in [6.45, 7) is -0.509. The van der Waals surface area contributed by atoms with E-state index < -0.39 is 6.67 Å². The number of ether oxygens (including phenoxy) is 1. The number of benzene rings is 1. The van der Waals surface area contributed by atoms with Gasteiger partial charge in [-0.2, -0.15) is 0 Å². The van der Waals surface area contributed by atoms with Crippen molar-refractivity contribution in [3.05, 3.63) is 24.3 Å². The van der Waals surface area contributed by atoms with Crippen LogP contribution in [0.5, 0.6) is 5.75 Å². The van der Waals surface area contributed by atoms with Crippen LogP contribution in [0, 0.1) is 5.92 Å². The van der Waals surface area contributed by atoms with Gasteiger partial charge >= 0.3 is 0 Å². The van der Waals surface area contributed by atoms with Gasteiger partial charge in [0.2, 0.25) is 5.91 Å². The molecule has 1 aliphatic carbocycles. The predicted octanol–water partition coefficient (Wildman–Crippen LogP) is 2.49. The number of halogens is 1. The summed E-state index contributed by atoms with van der Waals surface area (Å²) in [7, 11) is 0. The lowest BCUT2D eigenvalue weighted by molar-refractivity contribution is -0.120. The molecular formula is C15H21FN2O2. The molecule has 0 spiro atoms. The Morgan fingerprint density at radius 1 is 1.45 bits per heavy atom. The summed E-state index contributed by atoms with van der Waals surface area (Å²) in [5, 5.41) is 2.88. The highest BCUT2D eigenvalue weighted by atomic mass is 19.1. The van der Waals surface area contributed by atoms with Crippen LogP contribution in [0.15, 0.2) is 24.3 Å². The first kappa shape index (κ1) is 14.8. The Bertz CT molecular complexity index is 453. The zero-order chi connectivity index (χ0) is 14.4. The van der Waals surface area contributed by atoms with Crippen LogP contribution in [-0.2, 0) is 4.79 Å². The smallest absolute Gasteiger partial charge is 0.227 e. The zero-order valence-electron chi connectivity index (χ0n) is 11.5. The van der Waals surface area contributed by atoms with Crippen molar-refractivity contribution in [2.45, 2.75) is 31.7 Å². The number of carbonyl (C=O) groups is 1. The monoisotopic (exact) mass is 280 g/mol. The van der Waals surface area contributed by atoms with E-state index in [4.69, 9.17) is 10.5 Å². The third-order valence-corrected chi connectivity index (χ3v) is 3.53. The molecule has 110 valence electrons. The standard InChI is InChI=1S/C15H21FN2O2/c16-7-8-20-14-6-2-5-13(10-14)18-15(19)11-3-1-4-12(17)9-11/h2,5-6,10-12H,1,3-4,7-9,17H2,(H,18,19). The molecule has 2 atom stereocenters. The molecule has 0 aromatic heterocycles. The molecule has 0 aliphatic heterocycles. The molecule has 1 aromatic carbocycles. The number of nitrogens with one attached hydrogen (secondary N) is 1. The molecule has 2 unspecified atom stereocenters. The molecular weight excluding hydrogens is 259 g/mol. The van der Waals surface area contributed by atoms with Crippen molar-refractivity contribution in [3.63, 3.8) is 0 Å². The van der Waals surface area contributed by atoms with Crippen LogP contribution in [-0.4, -0.2) is 25.2 Å². The fourth-order valence-electron chi connectivity index (χ4n) is 2.53. The number of hydrogen-bond donors (Lipinski definition) is 2. The topological polar surface area (TPSA) is 64.4 Å². The molecule has 1 aliphatic rings. The van der Waals surface area contributed by atoms with Crippen molar-refractivity contribution in [2.24, 2.45) is 11.7 Å². The molecule has 2 rings (SSSR count). The SMILES string of the molecule is NC1CCCC(C(=O)Nc2cccc(OCCF)c2)C1. The maximum Gasteiger partial charge on any atom is 0.227 e. The number of carbonyl (C=O) groups excluding carboxylic acids is 1. The quantitative estimate of drug-likeness (QED) is 0.871. The van der Waals surface area contributed by atoms with Crippen molar-refractivity contribution < 1.29 is 13.9 Å². The molecule has 0 heterocycles. The van der Waals surface area contributed by atoms with Gasteiger partial charge in [0, 0.05) is 23.7 Å². The maximum absolute atomic E-state index is 12.2. The summed E-state index contributed by atoms with van der Waals surface area (Å²) in [6, 6.07) is 7.13. The fraction of sp³-hybridized carbons (Fsp3) is 0.533. The molecule has 0 bridgehead atoms. The lowest BCUT2D eigenvalue weighted by Crippen LogP contribution is -2.34. The third kappa shape index (κ3) is 4.20. The third-order valence-electron chi connectivity index (χ3n) is 3.53. The van der Waals surface area contributed by atoms with Gasteiger partial charge < -0.3 is 15.8 Å². The van der Waals surface area contributed by atoms with Crippen LogP contribution in [0.3, 0.4) is 0 Å². The van der Waals surface area contributed by atoms with Crippen LogP contribution in [0.1, 0.15) is 25.7 Å². The van der Waals surface area contributed by atoms with Gasteiger partial charge in [0.1, 0.15) is 19.0 Å². The minimum Gasteiger partial charge on any atom is -0.491 e. The zero-order valence-corrected chi connectivity index (χ0v) is 11.5. The van der Waals surface area contributed by atoms with Crippen molar-refractivity contribution in [2.75, 3.05) is 18.6 Å². The average molecular weight is 280 g/mol. The van der Waals surface area contributed by atoms with Crippen LogP contribution in [0.2, 0.25) is 0 Å². The second kappa shape index (κ2) is 7.24. The summed E-state index contributed by atoms with van der Waals surface area (Å²) < 4.78 is 17.3. The number of anilines is 1. The maximum atomic E-state index is 12.2. The van der Waals surface area contributed by atoms with Crippen LogP contribution in [0.25, 0.3) is 0 Å². The highest BCUT2D eigenvalue weighted by Crippen LogP contribution is 2.25. The highest BCUT2D eigenvalue weighted by molar-refractivity contribution is 5.92. The first-order valence-electron chi connectivity index (χ1n) is 7.04. The predicted molar refractivity (Wildman–Crippen MR) is 76.5 cm³/mol. The summed E-state index contributed by atoms with van der Waals surface area (Å²) in [5.41, 5.74) is 6.57. The van der Waals surface area contributed by atoms with Crippen LogP contribution < -0.4 is 15.8 Å². The van der Waals surface area contributed by atoms with E-state index >= 15 is 0 Å². The molecule has 1 saturated carbocycles. The van der Waals surface area contributed by atoms with E-state index in [1.807, 2.05) is 0 Å². The molecule has 0 radical (unpaired) electrons. The van der Waals surface area contributed by atoms with Gasteiger partial charge in [-0.05, 0) is 31.4 Å². The molecule has 0 saturated heterocycles. The van der Waals surface area contributed by atoms with Gasteiger partial charge in [0.15, 0.2) is 0 Å². The van der Waals surface area contributed by atoms with Crippen LogP contribution >= 0.6 is 0 Å². The Morgan fingerprint density at radius 2 is 2.30 bits per heavy atom. The highest BCUT2D eigenvalue weighted by Gasteiger charge is 2.25. The fourth-order valence-corrected chi connectivity index (χ4v) is 2.53. The van der Waals surface area contributed by atoms with E-state index in [9.17, 15) is 9.18 Å². The molecule has 1 amide bonds.